The summed E-state index contributed by atoms with van der Waals surface area (Å²) in [6.45, 7) is 0.125. The first-order valence-corrected chi connectivity index (χ1v) is 11.5. The third-order valence-electron chi connectivity index (χ3n) is 4.97. The molecule has 34 heavy (non-hydrogen) atoms. The number of anilines is 1. The van der Waals surface area contributed by atoms with Crippen LogP contribution in [0.15, 0.2) is 66.1 Å². The molecule has 5 rings (SSSR count). The van der Waals surface area contributed by atoms with Gasteiger partial charge in [0.1, 0.15) is 5.75 Å². The number of halogens is 1. The number of thioether (sulfide) groups is 1. The van der Waals surface area contributed by atoms with Crippen LogP contribution in [0, 0.1) is 0 Å². The van der Waals surface area contributed by atoms with Gasteiger partial charge in [-0.1, -0.05) is 23.4 Å². The Morgan fingerprint density at radius 2 is 1.85 bits per heavy atom. The smallest absolute Gasteiger partial charge is 0.234 e. The van der Waals surface area contributed by atoms with Crippen molar-refractivity contribution in [3.63, 3.8) is 0 Å². The SMILES string of the molecule is COc1ccc(-n2c(SCC(=O)Nc3cc4c(cc3Cl)OCO4)nnc2-c2ccncc2)cc1. The first kappa shape index (κ1) is 22.1. The van der Waals surface area contributed by atoms with E-state index >= 15 is 0 Å². The zero-order valence-electron chi connectivity index (χ0n) is 17.9. The molecule has 2 aromatic heterocycles. The van der Waals surface area contributed by atoms with Gasteiger partial charge in [-0.25, -0.2) is 0 Å². The van der Waals surface area contributed by atoms with Crippen molar-refractivity contribution in [3.8, 4) is 34.3 Å². The van der Waals surface area contributed by atoms with Crippen molar-refractivity contribution < 1.29 is 19.0 Å². The zero-order valence-corrected chi connectivity index (χ0v) is 19.5. The molecule has 1 amide bonds. The summed E-state index contributed by atoms with van der Waals surface area (Å²) in [6, 6.07) is 14.5. The van der Waals surface area contributed by atoms with Crippen molar-refractivity contribution in [2.75, 3.05) is 25.0 Å². The second-order valence-corrected chi connectivity index (χ2v) is 8.45. The van der Waals surface area contributed by atoms with Gasteiger partial charge in [0.25, 0.3) is 0 Å². The predicted molar refractivity (Wildman–Crippen MR) is 128 cm³/mol. The molecule has 0 radical (unpaired) electrons. The second kappa shape index (κ2) is 9.62. The highest BCUT2D eigenvalue weighted by Gasteiger charge is 2.20. The van der Waals surface area contributed by atoms with E-state index in [-0.39, 0.29) is 18.5 Å². The van der Waals surface area contributed by atoms with Crippen LogP contribution in [-0.4, -0.2) is 45.3 Å². The lowest BCUT2D eigenvalue weighted by molar-refractivity contribution is -0.113. The van der Waals surface area contributed by atoms with Gasteiger partial charge < -0.3 is 19.5 Å². The van der Waals surface area contributed by atoms with Crippen LogP contribution < -0.4 is 19.5 Å². The van der Waals surface area contributed by atoms with E-state index in [1.165, 1.54) is 11.8 Å². The highest BCUT2D eigenvalue weighted by Crippen LogP contribution is 2.39. The summed E-state index contributed by atoms with van der Waals surface area (Å²) in [4.78, 5) is 16.8. The van der Waals surface area contributed by atoms with Gasteiger partial charge in [-0.05, 0) is 36.4 Å². The Bertz CT molecular complexity index is 1330. The van der Waals surface area contributed by atoms with Crippen LogP contribution in [0.25, 0.3) is 17.1 Å². The van der Waals surface area contributed by atoms with Crippen molar-refractivity contribution >= 4 is 35.0 Å². The summed E-state index contributed by atoms with van der Waals surface area (Å²) >= 11 is 7.53. The van der Waals surface area contributed by atoms with Crippen LogP contribution in [0.3, 0.4) is 0 Å². The maximum atomic E-state index is 12.7. The van der Waals surface area contributed by atoms with E-state index in [9.17, 15) is 4.79 Å². The lowest BCUT2D eigenvalue weighted by atomic mass is 10.2. The molecule has 0 spiro atoms. The predicted octanol–water partition coefficient (Wildman–Crippen LogP) is 4.45. The van der Waals surface area contributed by atoms with Gasteiger partial charge in [0.15, 0.2) is 22.5 Å². The Morgan fingerprint density at radius 1 is 1.12 bits per heavy atom. The highest BCUT2D eigenvalue weighted by atomic mass is 35.5. The number of carbonyl (C=O) groups excluding carboxylic acids is 1. The lowest BCUT2D eigenvalue weighted by Gasteiger charge is -2.11. The number of pyridine rings is 1. The number of methoxy groups -OCH3 is 1. The normalized spacial score (nSPS) is 11.9. The lowest BCUT2D eigenvalue weighted by Crippen LogP contribution is -2.15. The molecule has 9 nitrogen and oxygen atoms in total. The van der Waals surface area contributed by atoms with Crippen molar-refractivity contribution in [3.05, 3.63) is 65.9 Å². The molecule has 3 heterocycles. The number of aromatic nitrogens is 4. The Labute approximate surface area is 204 Å². The molecule has 0 aliphatic carbocycles. The Balaban J connectivity index is 1.38. The Hall–Kier alpha value is -3.76. The molecule has 0 unspecified atom stereocenters. The van der Waals surface area contributed by atoms with Gasteiger partial charge in [-0.2, -0.15) is 0 Å². The van der Waals surface area contributed by atoms with Gasteiger partial charge in [0, 0.05) is 35.8 Å². The molecular formula is C23H18ClN5O4S. The third-order valence-corrected chi connectivity index (χ3v) is 6.21. The number of hydrogen-bond donors (Lipinski definition) is 1. The summed E-state index contributed by atoms with van der Waals surface area (Å²) in [5.41, 5.74) is 2.13. The molecule has 1 aliphatic rings. The molecule has 0 saturated heterocycles. The molecule has 0 atom stereocenters. The van der Waals surface area contributed by atoms with Crippen LogP contribution in [0.1, 0.15) is 0 Å². The molecule has 1 aliphatic heterocycles. The Morgan fingerprint density at radius 3 is 2.59 bits per heavy atom. The fourth-order valence-corrected chi connectivity index (χ4v) is 4.30. The topological polar surface area (TPSA) is 100 Å². The highest BCUT2D eigenvalue weighted by molar-refractivity contribution is 7.99. The van der Waals surface area contributed by atoms with Crippen molar-refractivity contribution in [1.29, 1.82) is 0 Å². The average Bonchev–Trinajstić information content (AvgIpc) is 3.50. The minimum atomic E-state index is -0.250. The van der Waals surface area contributed by atoms with E-state index in [0.717, 1.165) is 17.0 Å². The number of rotatable bonds is 7. The quantitative estimate of drug-likeness (QED) is 0.375. The number of fused-ring (bicyclic) bond motifs is 1. The fraction of sp³-hybridized carbons (Fsp3) is 0.130. The first-order valence-electron chi connectivity index (χ1n) is 10.1. The standard InChI is InChI=1S/C23H18ClN5O4S/c1-31-16-4-2-15(3-5-16)29-22(14-6-8-25-9-7-14)27-28-23(29)34-12-21(30)26-18-11-20-19(10-17(18)24)32-13-33-20/h2-11H,12-13H2,1H3,(H,26,30). The molecule has 0 fully saturated rings. The summed E-state index contributed by atoms with van der Waals surface area (Å²) in [5.74, 6) is 2.29. The van der Waals surface area contributed by atoms with Gasteiger partial charge >= 0.3 is 0 Å². The minimum Gasteiger partial charge on any atom is -0.497 e. The number of hydrogen-bond acceptors (Lipinski definition) is 8. The molecule has 0 saturated carbocycles. The minimum absolute atomic E-state index is 0.0927. The van der Waals surface area contributed by atoms with Gasteiger partial charge in [0.2, 0.25) is 12.7 Å². The number of benzene rings is 2. The van der Waals surface area contributed by atoms with E-state index < -0.39 is 0 Å². The second-order valence-electron chi connectivity index (χ2n) is 7.10. The summed E-state index contributed by atoms with van der Waals surface area (Å²) in [7, 11) is 1.61. The van der Waals surface area contributed by atoms with Crippen molar-refractivity contribution in [2.45, 2.75) is 5.16 Å². The molecule has 11 heteroatoms. The number of carbonyl (C=O) groups is 1. The maximum Gasteiger partial charge on any atom is 0.234 e. The van der Waals surface area contributed by atoms with Crippen LogP contribution >= 0.6 is 23.4 Å². The van der Waals surface area contributed by atoms with Crippen LogP contribution in [0.2, 0.25) is 5.02 Å². The number of nitrogens with zero attached hydrogens (tertiary/aromatic N) is 4. The largest absolute Gasteiger partial charge is 0.497 e. The summed E-state index contributed by atoms with van der Waals surface area (Å²) in [5, 5.41) is 12.4. The fourth-order valence-electron chi connectivity index (χ4n) is 3.34. The van der Waals surface area contributed by atoms with E-state index in [1.54, 1.807) is 31.6 Å². The van der Waals surface area contributed by atoms with E-state index in [2.05, 4.69) is 20.5 Å². The molecule has 4 aromatic rings. The van der Waals surface area contributed by atoms with E-state index in [4.69, 9.17) is 25.8 Å². The maximum absolute atomic E-state index is 12.7. The number of ether oxygens (including phenoxy) is 3. The Kier molecular flexibility index (Phi) is 6.24. The van der Waals surface area contributed by atoms with E-state index in [1.807, 2.05) is 41.0 Å². The third kappa shape index (κ3) is 4.50. The molecule has 2 aromatic carbocycles. The van der Waals surface area contributed by atoms with E-state index in [0.29, 0.717) is 33.2 Å². The van der Waals surface area contributed by atoms with Crippen LogP contribution in [0.5, 0.6) is 17.2 Å². The average molecular weight is 496 g/mol. The van der Waals surface area contributed by atoms with Crippen LogP contribution in [0.4, 0.5) is 5.69 Å². The number of amides is 1. The number of nitrogens with one attached hydrogen (secondary N) is 1. The summed E-state index contributed by atoms with van der Waals surface area (Å²) in [6.07, 6.45) is 3.38. The zero-order chi connectivity index (χ0) is 23.5. The molecule has 0 bridgehead atoms. The molecule has 172 valence electrons. The van der Waals surface area contributed by atoms with Gasteiger partial charge in [-0.15, -0.1) is 10.2 Å². The van der Waals surface area contributed by atoms with Crippen molar-refractivity contribution in [1.82, 2.24) is 19.7 Å². The monoisotopic (exact) mass is 495 g/mol. The van der Waals surface area contributed by atoms with Crippen LogP contribution in [-0.2, 0) is 4.79 Å². The first-order chi connectivity index (χ1) is 16.6. The van der Waals surface area contributed by atoms with Gasteiger partial charge in [-0.3, -0.25) is 14.3 Å². The summed E-state index contributed by atoms with van der Waals surface area (Å²) < 4.78 is 17.8. The van der Waals surface area contributed by atoms with Gasteiger partial charge in [0.05, 0.1) is 23.6 Å². The molecular weight excluding hydrogens is 478 g/mol. The van der Waals surface area contributed by atoms with Crippen molar-refractivity contribution in [2.24, 2.45) is 0 Å². The molecule has 1 N–H and O–H groups in total.